The largest absolute Gasteiger partial charge is 0.494 e. The number of hydrogen-bond acceptors (Lipinski definition) is 3. The SMILES string of the molecule is CCOc1ccc(/C=C/C(=O)NC(=S)Nc2ccc(Cl)c(Cl)c2)cc1. The molecule has 25 heavy (non-hydrogen) atoms. The van der Waals surface area contributed by atoms with Crippen LogP contribution in [-0.2, 0) is 4.79 Å². The van der Waals surface area contributed by atoms with E-state index in [2.05, 4.69) is 10.6 Å². The zero-order chi connectivity index (χ0) is 18.2. The monoisotopic (exact) mass is 394 g/mol. The number of hydrogen-bond donors (Lipinski definition) is 2. The molecule has 130 valence electrons. The molecular weight excluding hydrogens is 379 g/mol. The summed E-state index contributed by atoms with van der Waals surface area (Å²) in [6, 6.07) is 12.4. The molecule has 0 atom stereocenters. The number of nitrogens with one attached hydrogen (secondary N) is 2. The van der Waals surface area contributed by atoms with Crippen LogP contribution in [0.15, 0.2) is 48.5 Å². The Morgan fingerprint density at radius 2 is 1.88 bits per heavy atom. The standard InChI is InChI=1S/C18H16Cl2N2O2S/c1-2-24-14-7-3-12(4-8-14)5-10-17(23)22-18(25)21-13-6-9-15(19)16(20)11-13/h3-11H,2H2,1H3,(H2,21,22,23,25)/b10-5+. The molecule has 0 heterocycles. The van der Waals surface area contributed by atoms with Crippen LogP contribution in [0.25, 0.3) is 6.08 Å². The molecule has 7 heteroatoms. The van der Waals surface area contributed by atoms with Gasteiger partial charge >= 0.3 is 0 Å². The predicted octanol–water partition coefficient (Wildman–Crippen LogP) is 4.92. The average molecular weight is 395 g/mol. The molecule has 0 unspecified atom stereocenters. The maximum absolute atomic E-state index is 11.9. The fourth-order valence-electron chi connectivity index (χ4n) is 1.90. The second-order valence-corrected chi connectivity index (χ2v) is 6.13. The van der Waals surface area contributed by atoms with Gasteiger partial charge in [-0.2, -0.15) is 0 Å². The van der Waals surface area contributed by atoms with Gasteiger partial charge in [0.1, 0.15) is 5.75 Å². The number of thiocarbonyl (C=S) groups is 1. The van der Waals surface area contributed by atoms with Crippen molar-refractivity contribution in [2.75, 3.05) is 11.9 Å². The van der Waals surface area contributed by atoms with Crippen molar-refractivity contribution in [3.8, 4) is 5.75 Å². The molecule has 0 saturated heterocycles. The molecular formula is C18H16Cl2N2O2S. The van der Waals surface area contributed by atoms with Gasteiger partial charge in [0.15, 0.2) is 5.11 Å². The molecule has 4 nitrogen and oxygen atoms in total. The summed E-state index contributed by atoms with van der Waals surface area (Å²) >= 11 is 16.9. The molecule has 1 amide bonds. The number of ether oxygens (including phenoxy) is 1. The highest BCUT2D eigenvalue weighted by Crippen LogP contribution is 2.24. The predicted molar refractivity (Wildman–Crippen MR) is 107 cm³/mol. The normalized spacial score (nSPS) is 10.5. The number of carbonyl (C=O) groups excluding carboxylic acids is 1. The lowest BCUT2D eigenvalue weighted by molar-refractivity contribution is -0.115. The first-order valence-corrected chi connectivity index (χ1v) is 8.62. The Morgan fingerprint density at radius 3 is 2.52 bits per heavy atom. The van der Waals surface area contributed by atoms with Gasteiger partial charge < -0.3 is 10.1 Å². The molecule has 2 N–H and O–H groups in total. The molecule has 2 aromatic carbocycles. The molecule has 0 fully saturated rings. The summed E-state index contributed by atoms with van der Waals surface area (Å²) in [6.45, 7) is 2.54. The fourth-order valence-corrected chi connectivity index (χ4v) is 2.42. The zero-order valence-electron chi connectivity index (χ0n) is 13.4. The third-order valence-corrected chi connectivity index (χ3v) is 3.98. The van der Waals surface area contributed by atoms with Gasteiger partial charge in [-0.15, -0.1) is 0 Å². The molecule has 0 aliphatic rings. The van der Waals surface area contributed by atoms with Crippen molar-refractivity contribution >= 4 is 58.2 Å². The number of benzene rings is 2. The van der Waals surface area contributed by atoms with E-state index in [4.69, 9.17) is 40.2 Å². The minimum Gasteiger partial charge on any atom is -0.494 e. The summed E-state index contributed by atoms with van der Waals surface area (Å²) in [4.78, 5) is 11.9. The highest BCUT2D eigenvalue weighted by molar-refractivity contribution is 7.80. The summed E-state index contributed by atoms with van der Waals surface area (Å²) in [7, 11) is 0. The third kappa shape index (κ3) is 6.38. The topological polar surface area (TPSA) is 50.4 Å². The number of carbonyl (C=O) groups is 1. The van der Waals surface area contributed by atoms with Crippen molar-refractivity contribution in [2.45, 2.75) is 6.92 Å². The minimum atomic E-state index is -0.341. The number of halogens is 2. The Morgan fingerprint density at radius 1 is 1.16 bits per heavy atom. The van der Waals surface area contributed by atoms with Gasteiger partial charge in [-0.25, -0.2) is 0 Å². The summed E-state index contributed by atoms with van der Waals surface area (Å²) in [5.74, 6) is 0.447. The first-order chi connectivity index (χ1) is 12.0. The Labute approximate surface area is 161 Å². The first kappa shape index (κ1) is 19.2. The highest BCUT2D eigenvalue weighted by atomic mass is 35.5. The van der Waals surface area contributed by atoms with E-state index in [-0.39, 0.29) is 11.0 Å². The van der Waals surface area contributed by atoms with Crippen LogP contribution in [0.2, 0.25) is 10.0 Å². The van der Waals surface area contributed by atoms with Gasteiger partial charge in [0, 0.05) is 11.8 Å². The van der Waals surface area contributed by atoms with Gasteiger partial charge in [-0.3, -0.25) is 10.1 Å². The lowest BCUT2D eigenvalue weighted by atomic mass is 10.2. The molecule has 0 radical (unpaired) electrons. The highest BCUT2D eigenvalue weighted by Gasteiger charge is 2.04. The fraction of sp³-hybridized carbons (Fsp3) is 0.111. The van der Waals surface area contributed by atoms with Crippen LogP contribution >= 0.6 is 35.4 Å². The van der Waals surface area contributed by atoms with Crippen molar-refractivity contribution in [2.24, 2.45) is 0 Å². The van der Waals surface area contributed by atoms with Crippen LogP contribution in [0.4, 0.5) is 5.69 Å². The summed E-state index contributed by atoms with van der Waals surface area (Å²) in [6.07, 6.45) is 3.09. The molecule has 0 bridgehead atoms. The van der Waals surface area contributed by atoms with Gasteiger partial charge in [0.2, 0.25) is 5.91 Å². The van der Waals surface area contributed by atoms with Crippen LogP contribution in [0.5, 0.6) is 5.75 Å². The van der Waals surface area contributed by atoms with E-state index in [1.54, 1.807) is 24.3 Å². The van der Waals surface area contributed by atoms with Gasteiger partial charge in [-0.1, -0.05) is 35.3 Å². The van der Waals surface area contributed by atoms with Crippen molar-refractivity contribution < 1.29 is 9.53 Å². The van der Waals surface area contributed by atoms with Crippen LogP contribution in [-0.4, -0.2) is 17.6 Å². The number of amides is 1. The minimum absolute atomic E-state index is 0.166. The zero-order valence-corrected chi connectivity index (χ0v) is 15.7. The maximum Gasteiger partial charge on any atom is 0.250 e. The van der Waals surface area contributed by atoms with E-state index in [0.29, 0.717) is 22.3 Å². The van der Waals surface area contributed by atoms with Crippen molar-refractivity contribution in [3.05, 3.63) is 64.1 Å². The van der Waals surface area contributed by atoms with Crippen molar-refractivity contribution in [1.82, 2.24) is 5.32 Å². The molecule has 0 spiro atoms. The van der Waals surface area contributed by atoms with Crippen LogP contribution in [0, 0.1) is 0 Å². The van der Waals surface area contributed by atoms with E-state index in [0.717, 1.165) is 11.3 Å². The van der Waals surface area contributed by atoms with Crippen LogP contribution < -0.4 is 15.4 Å². The third-order valence-electron chi connectivity index (χ3n) is 3.03. The Balaban J connectivity index is 1.88. The Kier molecular flexibility index (Phi) is 7.25. The van der Waals surface area contributed by atoms with E-state index in [1.165, 1.54) is 6.08 Å². The van der Waals surface area contributed by atoms with Gasteiger partial charge in [-0.05, 0) is 61.1 Å². The summed E-state index contributed by atoms with van der Waals surface area (Å²) in [5.41, 5.74) is 1.51. The first-order valence-electron chi connectivity index (χ1n) is 7.46. The van der Waals surface area contributed by atoms with E-state index in [9.17, 15) is 4.79 Å². The maximum atomic E-state index is 11.9. The second kappa shape index (κ2) is 9.42. The molecule has 0 saturated carbocycles. The van der Waals surface area contributed by atoms with Crippen molar-refractivity contribution in [3.63, 3.8) is 0 Å². The molecule has 0 aliphatic heterocycles. The second-order valence-electron chi connectivity index (χ2n) is 4.91. The van der Waals surface area contributed by atoms with Crippen LogP contribution in [0.3, 0.4) is 0 Å². The molecule has 2 rings (SSSR count). The summed E-state index contributed by atoms with van der Waals surface area (Å²) < 4.78 is 5.36. The lowest BCUT2D eigenvalue weighted by Gasteiger charge is -2.08. The molecule has 0 aromatic heterocycles. The molecule has 0 aliphatic carbocycles. The van der Waals surface area contributed by atoms with E-state index in [1.807, 2.05) is 31.2 Å². The van der Waals surface area contributed by atoms with E-state index < -0.39 is 0 Å². The quantitative estimate of drug-likeness (QED) is 0.558. The lowest BCUT2D eigenvalue weighted by Crippen LogP contribution is -2.32. The average Bonchev–Trinajstić information content (AvgIpc) is 2.58. The van der Waals surface area contributed by atoms with Crippen LogP contribution in [0.1, 0.15) is 12.5 Å². The Hall–Kier alpha value is -2.08. The van der Waals surface area contributed by atoms with Gasteiger partial charge in [0.05, 0.1) is 16.7 Å². The molecule has 2 aromatic rings. The Bertz CT molecular complexity index is 792. The van der Waals surface area contributed by atoms with E-state index >= 15 is 0 Å². The number of rotatable bonds is 5. The smallest absolute Gasteiger partial charge is 0.250 e. The van der Waals surface area contributed by atoms with Crippen molar-refractivity contribution in [1.29, 1.82) is 0 Å². The van der Waals surface area contributed by atoms with Gasteiger partial charge in [0.25, 0.3) is 0 Å². The summed E-state index contributed by atoms with van der Waals surface area (Å²) in [5, 5.41) is 6.44. The number of anilines is 1.